The second kappa shape index (κ2) is 6.23. The van der Waals surface area contributed by atoms with Gasteiger partial charge in [0.2, 0.25) is 5.91 Å². The van der Waals surface area contributed by atoms with Crippen molar-refractivity contribution in [2.45, 2.75) is 18.9 Å². The molecule has 18 heavy (non-hydrogen) atoms. The van der Waals surface area contributed by atoms with Gasteiger partial charge >= 0.3 is 5.97 Å². The lowest BCUT2D eigenvalue weighted by atomic mass is 10.1. The molecule has 1 amide bonds. The molecule has 0 radical (unpaired) electrons. The molecular formula is C11H13ClN2O4. The number of carboxylic acids is 1. The minimum atomic E-state index is -1.01. The summed E-state index contributed by atoms with van der Waals surface area (Å²) in [6.45, 7) is 0. The predicted octanol–water partition coefficient (Wildman–Crippen LogP) is 1.18. The van der Waals surface area contributed by atoms with E-state index in [1.165, 1.54) is 18.2 Å². The third-order valence-electron chi connectivity index (χ3n) is 2.22. The van der Waals surface area contributed by atoms with Crippen molar-refractivity contribution in [2.24, 2.45) is 5.73 Å². The zero-order chi connectivity index (χ0) is 13.7. The minimum Gasteiger partial charge on any atom is -0.506 e. The second-order valence-electron chi connectivity index (χ2n) is 3.69. The number of carboxylic acid groups (broad SMARTS) is 1. The van der Waals surface area contributed by atoms with E-state index < -0.39 is 17.9 Å². The molecule has 0 saturated carbocycles. The molecule has 0 bridgehead atoms. The summed E-state index contributed by atoms with van der Waals surface area (Å²) in [5, 5.41) is 20.3. The van der Waals surface area contributed by atoms with Gasteiger partial charge in [-0.05, 0) is 24.6 Å². The van der Waals surface area contributed by atoms with Gasteiger partial charge in [0, 0.05) is 12.1 Å². The third-order valence-corrected chi connectivity index (χ3v) is 2.52. The smallest absolute Gasteiger partial charge is 0.303 e. The van der Waals surface area contributed by atoms with Gasteiger partial charge in [-0.1, -0.05) is 11.6 Å². The first-order valence-corrected chi connectivity index (χ1v) is 5.54. The van der Waals surface area contributed by atoms with E-state index in [0.29, 0.717) is 5.69 Å². The van der Waals surface area contributed by atoms with Gasteiger partial charge in [-0.3, -0.25) is 9.59 Å². The zero-order valence-electron chi connectivity index (χ0n) is 9.39. The first-order chi connectivity index (χ1) is 8.40. The Morgan fingerprint density at radius 1 is 1.44 bits per heavy atom. The molecule has 0 aromatic heterocycles. The maximum absolute atomic E-state index is 11.6. The van der Waals surface area contributed by atoms with Crippen LogP contribution >= 0.6 is 11.6 Å². The maximum atomic E-state index is 11.6. The fourth-order valence-electron chi connectivity index (χ4n) is 1.23. The van der Waals surface area contributed by atoms with Gasteiger partial charge in [0.25, 0.3) is 0 Å². The molecule has 0 spiro atoms. The molecule has 6 nitrogen and oxygen atoms in total. The van der Waals surface area contributed by atoms with Crippen molar-refractivity contribution < 1.29 is 19.8 Å². The standard InChI is InChI=1S/C11H13ClN2O4/c12-7-5-6(1-3-9(7)15)14-11(18)8(13)2-4-10(16)17/h1,3,5,8,15H,2,4,13H2,(H,14,18)(H,16,17). The molecule has 0 aliphatic rings. The van der Waals surface area contributed by atoms with Crippen molar-refractivity contribution >= 4 is 29.2 Å². The van der Waals surface area contributed by atoms with Crippen molar-refractivity contribution in [1.29, 1.82) is 0 Å². The summed E-state index contributed by atoms with van der Waals surface area (Å²) >= 11 is 5.67. The topological polar surface area (TPSA) is 113 Å². The number of aliphatic carboxylic acids is 1. The van der Waals surface area contributed by atoms with Crippen LogP contribution in [0.25, 0.3) is 0 Å². The summed E-state index contributed by atoms with van der Waals surface area (Å²) in [6, 6.07) is 3.26. The molecule has 0 fully saturated rings. The SMILES string of the molecule is NC(CCC(=O)O)C(=O)Nc1ccc(O)c(Cl)c1. The lowest BCUT2D eigenvalue weighted by molar-refractivity contribution is -0.137. The second-order valence-corrected chi connectivity index (χ2v) is 4.10. The monoisotopic (exact) mass is 272 g/mol. The van der Waals surface area contributed by atoms with Gasteiger partial charge in [-0.2, -0.15) is 0 Å². The zero-order valence-corrected chi connectivity index (χ0v) is 10.1. The van der Waals surface area contributed by atoms with Crippen molar-refractivity contribution in [3.05, 3.63) is 23.2 Å². The number of hydrogen-bond acceptors (Lipinski definition) is 4. The number of carbonyl (C=O) groups is 2. The summed E-state index contributed by atoms with van der Waals surface area (Å²) in [5.74, 6) is -1.60. The normalized spacial score (nSPS) is 11.9. The van der Waals surface area contributed by atoms with Crippen LogP contribution in [0.5, 0.6) is 5.75 Å². The van der Waals surface area contributed by atoms with Crippen LogP contribution in [0, 0.1) is 0 Å². The summed E-state index contributed by atoms with van der Waals surface area (Å²) < 4.78 is 0. The highest BCUT2D eigenvalue weighted by Gasteiger charge is 2.15. The Bertz CT molecular complexity index is 464. The minimum absolute atomic E-state index is 0.0486. The lowest BCUT2D eigenvalue weighted by Crippen LogP contribution is -2.36. The van der Waals surface area contributed by atoms with Crippen LogP contribution < -0.4 is 11.1 Å². The van der Waals surface area contributed by atoms with E-state index in [1.54, 1.807) is 0 Å². The number of halogens is 1. The Hall–Kier alpha value is -1.79. The first kappa shape index (κ1) is 14.3. The van der Waals surface area contributed by atoms with Gasteiger partial charge in [-0.25, -0.2) is 0 Å². The summed E-state index contributed by atoms with van der Waals surface area (Å²) in [6.07, 6.45) is -0.127. The number of aromatic hydroxyl groups is 1. The van der Waals surface area contributed by atoms with Crippen molar-refractivity contribution in [1.82, 2.24) is 0 Å². The van der Waals surface area contributed by atoms with E-state index >= 15 is 0 Å². The molecular weight excluding hydrogens is 260 g/mol. The Morgan fingerprint density at radius 2 is 2.11 bits per heavy atom. The molecule has 0 aliphatic carbocycles. The Kier molecular flexibility index (Phi) is 4.94. The van der Waals surface area contributed by atoms with E-state index in [0.717, 1.165) is 0 Å². The van der Waals surface area contributed by atoms with Gasteiger partial charge in [0.1, 0.15) is 5.75 Å². The number of carbonyl (C=O) groups excluding carboxylic acids is 1. The van der Waals surface area contributed by atoms with E-state index in [-0.39, 0.29) is 23.6 Å². The molecule has 1 atom stereocenters. The lowest BCUT2D eigenvalue weighted by Gasteiger charge is -2.11. The molecule has 0 aliphatic heterocycles. The fourth-order valence-corrected chi connectivity index (χ4v) is 1.41. The van der Waals surface area contributed by atoms with E-state index in [2.05, 4.69) is 5.32 Å². The van der Waals surface area contributed by atoms with Crippen molar-refractivity contribution in [3.63, 3.8) is 0 Å². The Morgan fingerprint density at radius 3 is 2.67 bits per heavy atom. The summed E-state index contributed by atoms with van der Waals surface area (Å²) in [4.78, 5) is 21.9. The van der Waals surface area contributed by atoms with Gasteiger partial charge in [0.05, 0.1) is 11.1 Å². The van der Waals surface area contributed by atoms with Crippen molar-refractivity contribution in [2.75, 3.05) is 5.32 Å². The van der Waals surface area contributed by atoms with Gasteiger partial charge in [0.15, 0.2) is 0 Å². The molecule has 5 N–H and O–H groups in total. The van der Waals surface area contributed by atoms with Crippen LogP contribution in [0.15, 0.2) is 18.2 Å². The number of benzene rings is 1. The number of anilines is 1. The number of nitrogens with one attached hydrogen (secondary N) is 1. The molecule has 7 heteroatoms. The highest BCUT2D eigenvalue weighted by atomic mass is 35.5. The van der Waals surface area contributed by atoms with Gasteiger partial charge < -0.3 is 21.3 Å². The number of rotatable bonds is 5. The first-order valence-electron chi connectivity index (χ1n) is 5.17. The number of amides is 1. The van der Waals surface area contributed by atoms with Crippen molar-refractivity contribution in [3.8, 4) is 5.75 Å². The average molecular weight is 273 g/mol. The summed E-state index contributed by atoms with van der Waals surface area (Å²) in [7, 11) is 0. The average Bonchev–Trinajstić information content (AvgIpc) is 2.30. The molecule has 1 rings (SSSR count). The quantitative estimate of drug-likeness (QED) is 0.601. The van der Waals surface area contributed by atoms with Crippen LogP contribution in [-0.4, -0.2) is 28.1 Å². The number of phenols is 1. The highest BCUT2D eigenvalue weighted by molar-refractivity contribution is 6.32. The Balaban J connectivity index is 2.58. The number of phenolic OH excluding ortho intramolecular Hbond substituents is 1. The maximum Gasteiger partial charge on any atom is 0.303 e. The largest absolute Gasteiger partial charge is 0.506 e. The number of nitrogens with two attached hydrogens (primary N) is 1. The molecule has 0 saturated heterocycles. The third kappa shape index (κ3) is 4.23. The van der Waals surface area contributed by atoms with Crippen LogP contribution in [-0.2, 0) is 9.59 Å². The Labute approximate surface area is 108 Å². The van der Waals surface area contributed by atoms with Gasteiger partial charge in [-0.15, -0.1) is 0 Å². The predicted molar refractivity (Wildman–Crippen MR) is 66.6 cm³/mol. The molecule has 0 heterocycles. The molecule has 1 aromatic carbocycles. The highest BCUT2D eigenvalue weighted by Crippen LogP contribution is 2.26. The molecule has 98 valence electrons. The van der Waals surface area contributed by atoms with E-state index in [4.69, 9.17) is 22.4 Å². The van der Waals surface area contributed by atoms with Crippen LogP contribution in [0.1, 0.15) is 12.8 Å². The molecule has 1 aromatic rings. The van der Waals surface area contributed by atoms with E-state index in [9.17, 15) is 14.7 Å². The van der Waals surface area contributed by atoms with E-state index in [1.807, 2.05) is 0 Å². The molecule has 1 unspecified atom stereocenters. The summed E-state index contributed by atoms with van der Waals surface area (Å²) in [5.41, 5.74) is 5.91. The van der Waals surface area contributed by atoms with Crippen LogP contribution in [0.2, 0.25) is 5.02 Å². The fraction of sp³-hybridized carbons (Fsp3) is 0.273. The van der Waals surface area contributed by atoms with Crippen LogP contribution in [0.3, 0.4) is 0 Å². The van der Waals surface area contributed by atoms with Crippen LogP contribution in [0.4, 0.5) is 5.69 Å². The number of hydrogen-bond donors (Lipinski definition) is 4.